The molecule has 2 saturated carbocycles. The molecule has 2 fully saturated rings. The van der Waals surface area contributed by atoms with E-state index in [0.29, 0.717) is 25.7 Å². The van der Waals surface area contributed by atoms with Gasteiger partial charge in [0.05, 0.1) is 14.2 Å². The van der Waals surface area contributed by atoms with Gasteiger partial charge in [-0.15, -0.1) is 0 Å². The summed E-state index contributed by atoms with van der Waals surface area (Å²) in [7, 11) is 2.35. The third kappa shape index (κ3) is 3.06. The molecular weight excluding hydrogens is 312 g/mol. The van der Waals surface area contributed by atoms with E-state index in [4.69, 9.17) is 9.47 Å². The van der Waals surface area contributed by atoms with Crippen LogP contribution in [-0.2, 0) is 19.1 Å². The van der Waals surface area contributed by atoms with Gasteiger partial charge in [0.25, 0.3) is 0 Å². The first kappa shape index (κ1) is 19.2. The number of hydrogen-bond donors (Lipinski definition) is 2. The van der Waals surface area contributed by atoms with Crippen LogP contribution in [0.25, 0.3) is 0 Å². The molecule has 0 spiro atoms. The third-order valence-corrected chi connectivity index (χ3v) is 5.97. The molecule has 2 aliphatic carbocycles. The lowest BCUT2D eigenvalue weighted by molar-refractivity contribution is -0.238. The fourth-order valence-electron chi connectivity index (χ4n) is 4.62. The van der Waals surface area contributed by atoms with Gasteiger partial charge in [-0.1, -0.05) is 38.5 Å². The van der Waals surface area contributed by atoms with E-state index >= 15 is 0 Å². The van der Waals surface area contributed by atoms with Crippen LogP contribution in [0.1, 0.15) is 64.2 Å². The molecule has 6 heteroatoms. The number of rotatable bonds is 5. The fraction of sp³-hybridized carbons (Fsp3) is 0.889. The summed E-state index contributed by atoms with van der Waals surface area (Å²) in [6, 6.07) is 0. The van der Waals surface area contributed by atoms with E-state index in [-0.39, 0.29) is 0 Å². The zero-order chi connectivity index (χ0) is 17.8. The van der Waals surface area contributed by atoms with Crippen LogP contribution in [0.15, 0.2) is 0 Å². The monoisotopic (exact) mass is 342 g/mol. The average Bonchev–Trinajstić information content (AvgIpc) is 2.66. The highest BCUT2D eigenvalue weighted by atomic mass is 16.6. The number of ether oxygens (including phenoxy) is 2. The minimum Gasteiger partial charge on any atom is -0.467 e. The molecule has 2 rings (SSSR count). The number of esters is 2. The molecule has 2 N–H and O–H groups in total. The lowest BCUT2D eigenvalue weighted by atomic mass is 9.61. The predicted molar refractivity (Wildman–Crippen MR) is 87.1 cm³/mol. The first-order valence-electron chi connectivity index (χ1n) is 9.04. The summed E-state index contributed by atoms with van der Waals surface area (Å²) >= 11 is 0. The van der Waals surface area contributed by atoms with Crippen LogP contribution in [0.3, 0.4) is 0 Å². The van der Waals surface area contributed by atoms with Crippen molar-refractivity contribution in [2.24, 2.45) is 11.8 Å². The summed E-state index contributed by atoms with van der Waals surface area (Å²) in [4.78, 5) is 25.2. The van der Waals surface area contributed by atoms with Crippen molar-refractivity contribution < 1.29 is 29.3 Å². The Kier molecular flexibility index (Phi) is 6.26. The Hall–Kier alpha value is -1.14. The van der Waals surface area contributed by atoms with E-state index in [1.165, 1.54) is 14.2 Å². The molecule has 0 aromatic rings. The standard InChI is InChI=1S/C18H30O6/c1-23-15(19)17(21,13-9-5-3-6-10-13)18(22,16(20)24-2)14-11-7-4-8-12-14/h13-14,21-22H,3-12H2,1-2H3/t17-,18+. The van der Waals surface area contributed by atoms with Gasteiger partial charge in [-0.3, -0.25) is 0 Å². The lowest BCUT2D eigenvalue weighted by Gasteiger charge is -2.49. The average molecular weight is 342 g/mol. The maximum Gasteiger partial charge on any atom is 0.341 e. The molecule has 0 amide bonds. The molecule has 138 valence electrons. The molecule has 0 aromatic carbocycles. The Bertz CT molecular complexity index is 410. The zero-order valence-corrected chi connectivity index (χ0v) is 14.8. The lowest BCUT2D eigenvalue weighted by Crippen LogP contribution is -2.71. The van der Waals surface area contributed by atoms with Crippen LogP contribution in [0.4, 0.5) is 0 Å². The van der Waals surface area contributed by atoms with E-state index in [1.54, 1.807) is 0 Å². The molecule has 0 heterocycles. The van der Waals surface area contributed by atoms with Gasteiger partial charge in [0, 0.05) is 11.8 Å². The van der Waals surface area contributed by atoms with Crippen molar-refractivity contribution in [3.05, 3.63) is 0 Å². The van der Waals surface area contributed by atoms with Gasteiger partial charge in [-0.25, -0.2) is 9.59 Å². The summed E-state index contributed by atoms with van der Waals surface area (Å²) in [6.07, 6.45) is 7.78. The van der Waals surface area contributed by atoms with Crippen LogP contribution >= 0.6 is 0 Å². The van der Waals surface area contributed by atoms with Crippen molar-refractivity contribution in [1.29, 1.82) is 0 Å². The maximum atomic E-state index is 12.6. The highest BCUT2D eigenvalue weighted by Crippen LogP contribution is 2.47. The molecular formula is C18H30O6. The van der Waals surface area contributed by atoms with Gasteiger partial charge in [0.2, 0.25) is 11.2 Å². The van der Waals surface area contributed by atoms with Gasteiger partial charge in [0.1, 0.15) is 0 Å². The summed E-state index contributed by atoms with van der Waals surface area (Å²) in [6.45, 7) is 0. The molecule has 24 heavy (non-hydrogen) atoms. The fourth-order valence-corrected chi connectivity index (χ4v) is 4.62. The summed E-state index contributed by atoms with van der Waals surface area (Å²) in [5.74, 6) is -2.89. The maximum absolute atomic E-state index is 12.6. The molecule has 0 aliphatic heterocycles. The highest BCUT2D eigenvalue weighted by molar-refractivity contribution is 5.93. The number of methoxy groups -OCH3 is 2. The minimum absolute atomic E-state index is 0.510. The summed E-state index contributed by atoms with van der Waals surface area (Å²) < 4.78 is 9.69. The number of carbonyl (C=O) groups is 2. The molecule has 2 atom stereocenters. The Labute approximate surface area is 143 Å². The SMILES string of the molecule is COC(=O)[C@@](O)(C1CCCCC1)[C@](O)(C(=O)OC)C1CCCCC1. The zero-order valence-electron chi connectivity index (χ0n) is 14.8. The van der Waals surface area contributed by atoms with E-state index in [1.807, 2.05) is 0 Å². The number of aliphatic hydroxyl groups is 2. The second-order valence-corrected chi connectivity index (χ2v) is 7.19. The van der Waals surface area contributed by atoms with Crippen molar-refractivity contribution in [2.45, 2.75) is 75.4 Å². The van der Waals surface area contributed by atoms with E-state index in [0.717, 1.165) is 38.5 Å². The normalized spacial score (nSPS) is 25.3. The topological polar surface area (TPSA) is 93.1 Å². The molecule has 0 unspecified atom stereocenters. The number of hydrogen-bond acceptors (Lipinski definition) is 6. The Morgan fingerprint density at radius 2 is 1.00 bits per heavy atom. The van der Waals surface area contributed by atoms with Crippen LogP contribution in [0.5, 0.6) is 0 Å². The molecule has 0 radical (unpaired) electrons. The van der Waals surface area contributed by atoms with Crippen LogP contribution in [0.2, 0.25) is 0 Å². The Balaban J connectivity index is 2.50. The third-order valence-electron chi connectivity index (χ3n) is 5.97. The van der Waals surface area contributed by atoms with E-state index in [2.05, 4.69) is 0 Å². The number of carbonyl (C=O) groups excluding carboxylic acids is 2. The largest absolute Gasteiger partial charge is 0.467 e. The van der Waals surface area contributed by atoms with Crippen molar-refractivity contribution in [3.8, 4) is 0 Å². The Morgan fingerprint density at radius 1 is 0.708 bits per heavy atom. The van der Waals surface area contributed by atoms with Gasteiger partial charge in [0.15, 0.2) is 0 Å². The van der Waals surface area contributed by atoms with Crippen LogP contribution in [-0.4, -0.2) is 47.6 Å². The van der Waals surface area contributed by atoms with Gasteiger partial charge < -0.3 is 19.7 Å². The summed E-state index contributed by atoms with van der Waals surface area (Å²) in [5.41, 5.74) is -4.53. The molecule has 0 saturated heterocycles. The quantitative estimate of drug-likeness (QED) is 0.742. The van der Waals surface area contributed by atoms with Crippen molar-refractivity contribution in [3.63, 3.8) is 0 Å². The molecule has 6 nitrogen and oxygen atoms in total. The van der Waals surface area contributed by atoms with Gasteiger partial charge in [-0.05, 0) is 25.7 Å². The first-order valence-corrected chi connectivity index (χ1v) is 9.04. The highest BCUT2D eigenvalue weighted by Gasteiger charge is 2.67. The summed E-state index contributed by atoms with van der Waals surface area (Å²) in [5, 5.41) is 22.9. The van der Waals surface area contributed by atoms with Crippen molar-refractivity contribution in [1.82, 2.24) is 0 Å². The predicted octanol–water partition coefficient (Wildman–Crippen LogP) is 1.96. The second kappa shape index (κ2) is 7.83. The van der Waals surface area contributed by atoms with Crippen molar-refractivity contribution in [2.75, 3.05) is 14.2 Å². The Morgan fingerprint density at radius 3 is 1.25 bits per heavy atom. The minimum atomic E-state index is -2.27. The smallest absolute Gasteiger partial charge is 0.341 e. The van der Waals surface area contributed by atoms with E-state index in [9.17, 15) is 19.8 Å². The van der Waals surface area contributed by atoms with E-state index < -0.39 is 35.0 Å². The molecule has 0 bridgehead atoms. The molecule has 0 aromatic heterocycles. The molecule has 2 aliphatic rings. The van der Waals surface area contributed by atoms with Crippen LogP contribution < -0.4 is 0 Å². The second-order valence-electron chi connectivity index (χ2n) is 7.19. The first-order chi connectivity index (χ1) is 11.4. The van der Waals surface area contributed by atoms with Crippen molar-refractivity contribution >= 4 is 11.9 Å². The van der Waals surface area contributed by atoms with Crippen LogP contribution in [0, 0.1) is 11.8 Å². The van der Waals surface area contributed by atoms with Gasteiger partial charge >= 0.3 is 11.9 Å². The van der Waals surface area contributed by atoms with Gasteiger partial charge in [-0.2, -0.15) is 0 Å².